The fraction of sp³-hybridized carbons (Fsp3) is 0.316. The number of hydrogen-bond acceptors (Lipinski definition) is 6. The SMILES string of the molecule is CCN(CC)C(=O)C1=C(C)N=C2SC(C#N)=C(N)N2[C@@H]1c1ccc(Br)cc1. The monoisotopic (exact) mass is 445 g/mol. The van der Waals surface area contributed by atoms with Crippen molar-refractivity contribution in [2.24, 2.45) is 10.7 Å². The molecular formula is C19H20BrN5OS. The zero-order valence-electron chi connectivity index (χ0n) is 15.4. The fourth-order valence-corrected chi connectivity index (χ4v) is 4.44. The Labute approximate surface area is 171 Å². The number of aliphatic imine (C=N–C) groups is 1. The average Bonchev–Trinajstić information content (AvgIpc) is 2.97. The Morgan fingerprint density at radius 3 is 2.56 bits per heavy atom. The molecule has 0 bridgehead atoms. The minimum Gasteiger partial charge on any atom is -0.383 e. The number of nitrogens with two attached hydrogens (primary N) is 1. The molecule has 0 aliphatic carbocycles. The summed E-state index contributed by atoms with van der Waals surface area (Å²) in [6.45, 7) is 6.97. The molecule has 0 saturated carbocycles. The molecule has 0 unspecified atom stereocenters. The molecule has 27 heavy (non-hydrogen) atoms. The van der Waals surface area contributed by atoms with E-state index in [9.17, 15) is 10.1 Å². The van der Waals surface area contributed by atoms with Crippen molar-refractivity contribution in [3.8, 4) is 6.07 Å². The zero-order chi connectivity index (χ0) is 19.7. The summed E-state index contributed by atoms with van der Waals surface area (Å²) < 4.78 is 0.949. The number of nitriles is 1. The number of hydrogen-bond donors (Lipinski definition) is 1. The van der Waals surface area contributed by atoms with E-state index in [1.807, 2.05) is 45.0 Å². The Balaban J connectivity index is 2.19. The van der Waals surface area contributed by atoms with Gasteiger partial charge in [-0.1, -0.05) is 28.1 Å². The van der Waals surface area contributed by atoms with Crippen LogP contribution in [0, 0.1) is 11.3 Å². The lowest BCUT2D eigenvalue weighted by molar-refractivity contribution is -0.127. The summed E-state index contributed by atoms with van der Waals surface area (Å²) in [5, 5.41) is 10.0. The first-order valence-electron chi connectivity index (χ1n) is 8.64. The first-order valence-corrected chi connectivity index (χ1v) is 10.2. The topological polar surface area (TPSA) is 85.7 Å². The minimum atomic E-state index is -0.419. The first kappa shape index (κ1) is 19.5. The summed E-state index contributed by atoms with van der Waals surface area (Å²) in [6.07, 6.45) is 0. The predicted molar refractivity (Wildman–Crippen MR) is 111 cm³/mol. The number of benzene rings is 1. The lowest BCUT2D eigenvalue weighted by Crippen LogP contribution is -2.42. The molecular weight excluding hydrogens is 426 g/mol. The number of thioether (sulfide) groups is 1. The number of nitrogens with zero attached hydrogens (tertiary/aromatic N) is 4. The van der Waals surface area contributed by atoms with E-state index >= 15 is 0 Å². The van der Waals surface area contributed by atoms with Crippen molar-refractivity contribution in [1.29, 1.82) is 5.26 Å². The van der Waals surface area contributed by atoms with Crippen molar-refractivity contribution in [3.05, 3.63) is 56.3 Å². The Bertz CT molecular complexity index is 909. The van der Waals surface area contributed by atoms with Crippen molar-refractivity contribution in [2.45, 2.75) is 26.8 Å². The number of halogens is 1. The van der Waals surface area contributed by atoms with Crippen LogP contribution in [0.25, 0.3) is 0 Å². The normalized spacial score (nSPS) is 19.0. The van der Waals surface area contributed by atoms with Gasteiger partial charge >= 0.3 is 0 Å². The molecule has 0 saturated heterocycles. The number of likely N-dealkylation sites (N-methyl/N-ethyl adjacent to an activating group) is 1. The maximum absolute atomic E-state index is 13.3. The van der Waals surface area contributed by atoms with Crippen LogP contribution in [0.15, 0.2) is 55.7 Å². The van der Waals surface area contributed by atoms with Crippen molar-refractivity contribution in [3.63, 3.8) is 0 Å². The van der Waals surface area contributed by atoms with Gasteiger partial charge in [-0.25, -0.2) is 4.99 Å². The molecule has 1 aromatic rings. The fourth-order valence-electron chi connectivity index (χ4n) is 3.26. The number of amidine groups is 1. The van der Waals surface area contributed by atoms with E-state index in [-0.39, 0.29) is 5.91 Å². The standard InChI is InChI=1S/C19H20BrN5OS/c1-4-24(5-2)18(26)15-11(3)23-19-25(17(22)14(10-21)27-19)16(15)12-6-8-13(20)9-7-12/h6-9,16H,4-5,22H2,1-3H3/t16-/m1/s1. The lowest BCUT2D eigenvalue weighted by atomic mass is 9.93. The molecule has 1 amide bonds. The highest BCUT2D eigenvalue weighted by molar-refractivity contribution is 9.10. The van der Waals surface area contributed by atoms with Crippen molar-refractivity contribution >= 4 is 38.8 Å². The molecule has 2 aliphatic heterocycles. The highest BCUT2D eigenvalue weighted by Crippen LogP contribution is 2.45. The maximum Gasteiger partial charge on any atom is 0.254 e. The van der Waals surface area contributed by atoms with Gasteiger partial charge in [0, 0.05) is 17.6 Å². The smallest absolute Gasteiger partial charge is 0.254 e. The van der Waals surface area contributed by atoms with Crippen molar-refractivity contribution < 1.29 is 4.79 Å². The number of amides is 1. The van der Waals surface area contributed by atoms with Crippen LogP contribution in [-0.4, -0.2) is 34.0 Å². The Morgan fingerprint density at radius 1 is 1.37 bits per heavy atom. The van der Waals surface area contributed by atoms with Crippen molar-refractivity contribution in [1.82, 2.24) is 9.80 Å². The number of allylic oxidation sites excluding steroid dienone is 2. The zero-order valence-corrected chi connectivity index (χ0v) is 17.8. The molecule has 0 radical (unpaired) electrons. The van der Waals surface area contributed by atoms with E-state index in [0.29, 0.717) is 40.3 Å². The summed E-state index contributed by atoms with van der Waals surface area (Å²) >= 11 is 4.70. The van der Waals surface area contributed by atoms with Gasteiger partial charge in [0.1, 0.15) is 16.8 Å². The molecule has 2 N–H and O–H groups in total. The van der Waals surface area contributed by atoms with Crippen molar-refractivity contribution in [2.75, 3.05) is 13.1 Å². The van der Waals surface area contributed by atoms with Crippen LogP contribution in [-0.2, 0) is 4.79 Å². The van der Waals surface area contributed by atoms with Gasteiger partial charge in [-0.2, -0.15) is 5.26 Å². The van der Waals surface area contributed by atoms with E-state index in [2.05, 4.69) is 27.0 Å². The molecule has 6 nitrogen and oxygen atoms in total. The van der Waals surface area contributed by atoms with Gasteiger partial charge in [0.2, 0.25) is 0 Å². The van der Waals surface area contributed by atoms with Gasteiger partial charge in [-0.15, -0.1) is 0 Å². The van der Waals surface area contributed by atoms with Crippen LogP contribution in [0.3, 0.4) is 0 Å². The minimum absolute atomic E-state index is 0.0589. The molecule has 1 aromatic carbocycles. The van der Waals surface area contributed by atoms with E-state index in [1.165, 1.54) is 11.8 Å². The molecule has 0 spiro atoms. The van der Waals surface area contributed by atoms with Crippen LogP contribution < -0.4 is 5.73 Å². The molecule has 8 heteroatoms. The number of carbonyl (C=O) groups is 1. The lowest BCUT2D eigenvalue weighted by Gasteiger charge is -2.36. The average molecular weight is 446 g/mol. The third-order valence-electron chi connectivity index (χ3n) is 4.64. The van der Waals surface area contributed by atoms with Gasteiger partial charge < -0.3 is 10.6 Å². The Kier molecular flexibility index (Phi) is 5.63. The molecule has 0 aromatic heterocycles. The van der Waals surface area contributed by atoms with E-state index < -0.39 is 6.04 Å². The van der Waals surface area contributed by atoms with Crippen LogP contribution in [0.1, 0.15) is 32.4 Å². The number of fused-ring (bicyclic) bond motifs is 1. The molecule has 1 atom stereocenters. The number of carbonyl (C=O) groups excluding carboxylic acids is 1. The summed E-state index contributed by atoms with van der Waals surface area (Å²) in [7, 11) is 0. The molecule has 2 heterocycles. The second kappa shape index (κ2) is 7.79. The van der Waals surface area contributed by atoms with E-state index in [1.54, 1.807) is 9.80 Å². The van der Waals surface area contributed by atoms with Gasteiger partial charge in [0.25, 0.3) is 5.91 Å². The van der Waals surface area contributed by atoms with Crippen LogP contribution >= 0.6 is 27.7 Å². The largest absolute Gasteiger partial charge is 0.383 e. The van der Waals surface area contributed by atoms with Gasteiger partial charge in [-0.3, -0.25) is 9.69 Å². The highest BCUT2D eigenvalue weighted by Gasteiger charge is 2.42. The maximum atomic E-state index is 13.3. The molecule has 0 fully saturated rings. The quantitative estimate of drug-likeness (QED) is 0.763. The highest BCUT2D eigenvalue weighted by atomic mass is 79.9. The first-order chi connectivity index (χ1) is 12.9. The Morgan fingerprint density at radius 2 is 2.00 bits per heavy atom. The summed E-state index contributed by atoms with van der Waals surface area (Å²) in [5.41, 5.74) is 8.44. The molecule has 3 rings (SSSR count). The van der Waals surface area contributed by atoms with E-state index in [4.69, 9.17) is 5.73 Å². The Hall–Kier alpha value is -2.24. The second-order valence-electron chi connectivity index (χ2n) is 6.12. The van der Waals surface area contributed by atoms with Gasteiger partial charge in [0.05, 0.1) is 17.3 Å². The third-order valence-corrected chi connectivity index (χ3v) is 6.15. The van der Waals surface area contributed by atoms with Crippen LogP contribution in [0.2, 0.25) is 0 Å². The number of rotatable bonds is 4. The molecule has 2 aliphatic rings. The predicted octanol–water partition coefficient (Wildman–Crippen LogP) is 3.70. The summed E-state index contributed by atoms with van der Waals surface area (Å²) in [5.74, 6) is 0.281. The second-order valence-corrected chi connectivity index (χ2v) is 8.02. The third kappa shape index (κ3) is 3.37. The van der Waals surface area contributed by atoms with Gasteiger partial charge in [0.15, 0.2) is 5.17 Å². The van der Waals surface area contributed by atoms with Crippen LogP contribution in [0.5, 0.6) is 0 Å². The van der Waals surface area contributed by atoms with E-state index in [0.717, 1.165) is 10.0 Å². The van der Waals surface area contributed by atoms with Gasteiger partial charge in [-0.05, 0) is 50.2 Å². The summed E-state index contributed by atoms with van der Waals surface area (Å²) in [4.78, 5) is 21.9. The summed E-state index contributed by atoms with van der Waals surface area (Å²) in [6, 6.07) is 9.50. The molecule has 140 valence electrons. The van der Waals surface area contributed by atoms with Crippen LogP contribution in [0.4, 0.5) is 0 Å².